The van der Waals surface area contributed by atoms with Crippen LogP contribution in [0.1, 0.15) is 56.9 Å². The van der Waals surface area contributed by atoms with Crippen molar-refractivity contribution in [3.63, 3.8) is 0 Å². The molecule has 4 atom stereocenters. The summed E-state index contributed by atoms with van der Waals surface area (Å²) in [7, 11) is 0. The van der Waals surface area contributed by atoms with Gasteiger partial charge in [0, 0.05) is 17.1 Å². The summed E-state index contributed by atoms with van der Waals surface area (Å²) in [5.41, 5.74) is 1.42. The summed E-state index contributed by atoms with van der Waals surface area (Å²) < 4.78 is 0. The topological polar surface area (TPSA) is 12.0 Å². The Kier molecular flexibility index (Phi) is 3.75. The lowest BCUT2D eigenvalue weighted by atomic mass is 9.74. The van der Waals surface area contributed by atoms with Crippen LogP contribution in [0.3, 0.4) is 0 Å². The Labute approximate surface area is 133 Å². The van der Waals surface area contributed by atoms with Gasteiger partial charge in [-0.3, -0.25) is 0 Å². The molecule has 1 N–H and O–H groups in total. The maximum atomic E-state index is 6.10. The number of fused-ring (bicyclic) bond motifs is 2. The van der Waals surface area contributed by atoms with E-state index < -0.39 is 0 Å². The fourth-order valence-electron chi connectivity index (χ4n) is 5.19. The predicted octanol–water partition coefficient (Wildman–Crippen LogP) is 5.00. The SMILES string of the molecule is CC(NC1CC(c2cccc(Cl)c2)C1)C1CC2CCC1C2. The van der Waals surface area contributed by atoms with Crippen LogP contribution in [0.5, 0.6) is 0 Å². The second kappa shape index (κ2) is 5.59. The number of benzene rings is 1. The van der Waals surface area contributed by atoms with Gasteiger partial charge in [-0.1, -0.05) is 30.2 Å². The third-order valence-corrected chi connectivity index (χ3v) is 6.63. The summed E-state index contributed by atoms with van der Waals surface area (Å²) in [5, 5.41) is 4.80. The molecule has 4 unspecified atom stereocenters. The van der Waals surface area contributed by atoms with Crippen LogP contribution in [0.15, 0.2) is 24.3 Å². The fourth-order valence-corrected chi connectivity index (χ4v) is 5.39. The summed E-state index contributed by atoms with van der Waals surface area (Å²) >= 11 is 6.10. The summed E-state index contributed by atoms with van der Waals surface area (Å²) in [5.74, 6) is 3.76. The van der Waals surface area contributed by atoms with Crippen molar-refractivity contribution in [3.05, 3.63) is 34.9 Å². The minimum absolute atomic E-state index is 0.714. The monoisotopic (exact) mass is 303 g/mol. The lowest BCUT2D eigenvalue weighted by Crippen LogP contribution is -2.48. The van der Waals surface area contributed by atoms with Gasteiger partial charge < -0.3 is 5.32 Å². The zero-order valence-corrected chi connectivity index (χ0v) is 13.7. The Morgan fingerprint density at radius 1 is 1.14 bits per heavy atom. The number of rotatable bonds is 4. The molecule has 0 spiro atoms. The average Bonchev–Trinajstić information content (AvgIpc) is 3.04. The second-order valence-electron chi connectivity index (χ2n) is 7.71. The van der Waals surface area contributed by atoms with Crippen molar-refractivity contribution in [2.24, 2.45) is 17.8 Å². The summed E-state index contributed by atoms with van der Waals surface area (Å²) in [6.07, 6.45) is 8.58. The second-order valence-corrected chi connectivity index (χ2v) is 8.15. The molecule has 1 nitrogen and oxygen atoms in total. The van der Waals surface area contributed by atoms with Crippen molar-refractivity contribution in [2.45, 2.75) is 63.5 Å². The van der Waals surface area contributed by atoms with Gasteiger partial charge in [-0.15, -0.1) is 0 Å². The molecular formula is C19H26ClN. The molecule has 1 aromatic carbocycles. The van der Waals surface area contributed by atoms with Gasteiger partial charge in [0.2, 0.25) is 0 Å². The Morgan fingerprint density at radius 2 is 2.00 bits per heavy atom. The van der Waals surface area contributed by atoms with Crippen LogP contribution in [-0.4, -0.2) is 12.1 Å². The van der Waals surface area contributed by atoms with Crippen LogP contribution in [-0.2, 0) is 0 Å². The van der Waals surface area contributed by atoms with Gasteiger partial charge in [0.25, 0.3) is 0 Å². The van der Waals surface area contributed by atoms with E-state index in [1.807, 2.05) is 6.07 Å². The molecule has 3 aliphatic rings. The van der Waals surface area contributed by atoms with E-state index in [0.29, 0.717) is 12.0 Å². The zero-order valence-electron chi connectivity index (χ0n) is 12.9. The van der Waals surface area contributed by atoms with Crippen LogP contribution < -0.4 is 5.32 Å². The highest BCUT2D eigenvalue weighted by Gasteiger charge is 2.43. The molecule has 0 radical (unpaired) electrons. The van der Waals surface area contributed by atoms with Crippen molar-refractivity contribution in [1.29, 1.82) is 0 Å². The Hall–Kier alpha value is -0.530. The Morgan fingerprint density at radius 3 is 2.67 bits per heavy atom. The van der Waals surface area contributed by atoms with E-state index >= 15 is 0 Å². The fraction of sp³-hybridized carbons (Fsp3) is 0.684. The van der Waals surface area contributed by atoms with E-state index in [9.17, 15) is 0 Å². The number of hydrogen-bond acceptors (Lipinski definition) is 1. The zero-order chi connectivity index (χ0) is 14.4. The molecule has 1 aromatic rings. The number of nitrogens with one attached hydrogen (secondary N) is 1. The van der Waals surface area contributed by atoms with E-state index in [4.69, 9.17) is 11.6 Å². The molecule has 2 heteroatoms. The molecule has 3 fully saturated rings. The molecule has 0 aliphatic heterocycles. The van der Waals surface area contributed by atoms with Gasteiger partial charge in [0.1, 0.15) is 0 Å². The van der Waals surface area contributed by atoms with Crippen molar-refractivity contribution in [1.82, 2.24) is 5.32 Å². The summed E-state index contributed by atoms with van der Waals surface area (Å²) in [6.45, 7) is 2.43. The van der Waals surface area contributed by atoms with E-state index in [1.54, 1.807) is 0 Å². The summed E-state index contributed by atoms with van der Waals surface area (Å²) in [4.78, 5) is 0. The van der Waals surface area contributed by atoms with Crippen molar-refractivity contribution >= 4 is 11.6 Å². The first-order valence-corrected chi connectivity index (χ1v) is 9.08. The van der Waals surface area contributed by atoms with Crippen LogP contribution >= 0.6 is 11.6 Å². The molecule has 3 aliphatic carbocycles. The first-order valence-electron chi connectivity index (χ1n) is 8.70. The molecule has 0 saturated heterocycles. The molecular weight excluding hydrogens is 278 g/mol. The normalized spacial score (nSPS) is 39.2. The minimum atomic E-state index is 0.714. The largest absolute Gasteiger partial charge is 0.311 e. The van der Waals surface area contributed by atoms with Gasteiger partial charge in [0.05, 0.1) is 0 Å². The van der Waals surface area contributed by atoms with Crippen LogP contribution in [0.2, 0.25) is 5.02 Å². The molecule has 2 bridgehead atoms. The standard InChI is InChI=1S/C19H26ClN/c1-12(19-8-13-5-6-15(19)7-13)21-18-10-16(11-18)14-3-2-4-17(20)9-14/h2-4,9,12-13,15-16,18-19,21H,5-8,10-11H2,1H3. The molecule has 3 saturated carbocycles. The van der Waals surface area contributed by atoms with Gasteiger partial charge >= 0.3 is 0 Å². The summed E-state index contributed by atoms with van der Waals surface area (Å²) in [6, 6.07) is 9.86. The third kappa shape index (κ3) is 2.75. The van der Waals surface area contributed by atoms with E-state index in [-0.39, 0.29) is 0 Å². The molecule has 0 amide bonds. The Balaban J connectivity index is 1.28. The Bertz CT molecular complexity index is 508. The van der Waals surface area contributed by atoms with Crippen molar-refractivity contribution < 1.29 is 0 Å². The molecule has 0 aromatic heterocycles. The van der Waals surface area contributed by atoms with Crippen molar-refractivity contribution in [3.8, 4) is 0 Å². The minimum Gasteiger partial charge on any atom is -0.311 e. The van der Waals surface area contributed by atoms with Gasteiger partial charge in [-0.05, 0) is 80.4 Å². The van der Waals surface area contributed by atoms with Gasteiger partial charge in [-0.25, -0.2) is 0 Å². The smallest absolute Gasteiger partial charge is 0.0408 e. The third-order valence-electron chi connectivity index (χ3n) is 6.39. The van der Waals surface area contributed by atoms with E-state index in [2.05, 4.69) is 30.4 Å². The predicted molar refractivity (Wildman–Crippen MR) is 88.8 cm³/mol. The van der Waals surface area contributed by atoms with Crippen molar-refractivity contribution in [2.75, 3.05) is 0 Å². The lowest BCUT2D eigenvalue weighted by molar-refractivity contribution is 0.200. The van der Waals surface area contributed by atoms with E-state index in [1.165, 1.54) is 44.1 Å². The van der Waals surface area contributed by atoms with Crippen LogP contribution in [0, 0.1) is 17.8 Å². The average molecular weight is 304 g/mol. The lowest BCUT2D eigenvalue weighted by Gasteiger charge is -2.40. The highest BCUT2D eigenvalue weighted by atomic mass is 35.5. The van der Waals surface area contributed by atoms with Gasteiger partial charge in [0.15, 0.2) is 0 Å². The highest BCUT2D eigenvalue weighted by molar-refractivity contribution is 6.30. The maximum Gasteiger partial charge on any atom is 0.0408 e. The van der Waals surface area contributed by atoms with E-state index in [0.717, 1.165) is 28.8 Å². The first kappa shape index (κ1) is 14.1. The van der Waals surface area contributed by atoms with Crippen LogP contribution in [0.4, 0.5) is 0 Å². The van der Waals surface area contributed by atoms with Gasteiger partial charge in [-0.2, -0.15) is 0 Å². The first-order chi connectivity index (χ1) is 10.2. The molecule has 4 rings (SSSR count). The molecule has 21 heavy (non-hydrogen) atoms. The van der Waals surface area contributed by atoms with Crippen LogP contribution in [0.25, 0.3) is 0 Å². The number of hydrogen-bond donors (Lipinski definition) is 1. The maximum absolute atomic E-state index is 6.10. The number of halogens is 1. The quantitative estimate of drug-likeness (QED) is 0.825. The molecule has 114 valence electrons. The molecule has 0 heterocycles. The highest BCUT2D eigenvalue weighted by Crippen LogP contribution is 2.50.